The van der Waals surface area contributed by atoms with Gasteiger partial charge in [-0.3, -0.25) is 130 Å². The Balaban J connectivity index is 1.38. The van der Waals surface area contributed by atoms with Crippen LogP contribution in [0.2, 0.25) is 5.02 Å². The van der Waals surface area contributed by atoms with Gasteiger partial charge in [0.2, 0.25) is 41.4 Å². The number of nitrogens with zero attached hydrogens (tertiary/aromatic N) is 9. The molecule has 4 aliphatic heterocycles. The molecule has 0 radical (unpaired) electrons. The average molecular weight is 1970 g/mol. The largest absolute Gasteiger partial charge is 0.508 e. The maximum Gasteiger partial charge on any atom is 0.320 e. The monoisotopic (exact) mass is 1960 g/mol. The van der Waals surface area contributed by atoms with E-state index in [-0.39, 0.29) is 175 Å². The topological polar surface area (TPSA) is 668 Å². The Hall–Kier alpha value is -10.8. The van der Waals surface area contributed by atoms with Gasteiger partial charge >= 0.3 is 53.7 Å². The van der Waals surface area contributed by atoms with Gasteiger partial charge in [-0.05, 0) is 85.8 Å². The lowest BCUT2D eigenvalue weighted by molar-refractivity contribution is -0.145. The molecule has 0 aliphatic carbocycles. The molecule has 7 amide bonds. The highest BCUT2D eigenvalue weighted by Gasteiger charge is 2.45. The van der Waals surface area contributed by atoms with Crippen molar-refractivity contribution in [1.29, 1.82) is 0 Å². The molecule has 135 heavy (non-hydrogen) atoms. The summed E-state index contributed by atoms with van der Waals surface area (Å²) >= 11 is 6.26. The number of carboxylic acid groups (broad SMARTS) is 9. The summed E-state index contributed by atoms with van der Waals surface area (Å²) < 4.78 is 0. The number of halogens is 1. The molecule has 18 N–H and O–H groups in total. The molecule has 2 aromatic rings. The van der Waals surface area contributed by atoms with Crippen LogP contribution in [0.25, 0.3) is 0 Å². The molecule has 0 aromatic heterocycles. The molecular formula is C86H126ClN15O31S2. The van der Waals surface area contributed by atoms with Crippen LogP contribution in [-0.4, -0.2) is 441 Å². The third kappa shape index (κ3) is 41.7. The van der Waals surface area contributed by atoms with E-state index in [0.29, 0.717) is 5.56 Å². The second-order valence-electron chi connectivity index (χ2n) is 34.6. The molecule has 0 saturated carbocycles. The zero-order valence-electron chi connectivity index (χ0n) is 75.6. The standard InChI is InChI=1S/C86H126ClN15O31S2/c1-51(2)34-59-69(107)35-52(3)49-134-135-50-63(84(129)102-42-57(104)40-66(102)83(128)92-60(68(106)13-16-73(111)89-59)38-54-6-12-67(105)58(87)36-54)93-81(126)55(7-17-74(112)113)39-70(108)61(37-53-4-8-56(103)9-5-53)91-82(127)62(90-72(110)15-11-65(86(132)133)101-32-28-98(47-79(122)123)24-20-95(44-76(116)117)21-25-99(29-33-101)48-80(124)125)41-88-71(109)14-10-64(85(130)131)100-30-26-96(45-77(118)119)22-18-94(43-75(114)115)19-23-97(27-31-100)46-78(120)121/h4-6,8-9,12,36,51-52,55,57,59-66,103-105H,7,10-11,13-35,37-50H2,1-3H3,(H,88,109)(H,89,111)(H,90,110)(H,91,127)(H,92,128)(H,93,126)(H,112,113)(H,114,115)(H,116,117)(H,118,119)(H,120,121)(H,122,123)(H,124,125)(H,130,131)(H,132,133)/t52-,55-,57+,59-,60-,61-,62?,63-,64?,65?,66-/m0/s1. The number of Topliss-reactive ketones (excluding diaryl/α,β-unsaturated/α-hetero) is 3. The quantitative estimate of drug-likeness (QED) is 0.0301. The van der Waals surface area contributed by atoms with Crippen LogP contribution < -0.4 is 31.9 Å². The third-order valence-electron chi connectivity index (χ3n) is 23.3. The van der Waals surface area contributed by atoms with Gasteiger partial charge in [0, 0.05) is 187 Å². The zero-order valence-corrected chi connectivity index (χ0v) is 78.0. The van der Waals surface area contributed by atoms with Crippen molar-refractivity contribution in [3.63, 3.8) is 0 Å². The fourth-order valence-corrected chi connectivity index (χ4v) is 18.9. The second-order valence-corrected chi connectivity index (χ2v) is 37.6. The summed E-state index contributed by atoms with van der Waals surface area (Å²) in [5.41, 5.74) is 0.540. The van der Waals surface area contributed by atoms with Gasteiger partial charge < -0.3 is 98.1 Å². The van der Waals surface area contributed by atoms with E-state index in [9.17, 15) is 133 Å². The molecule has 2 aromatic carbocycles. The number of aliphatic hydroxyl groups excluding tert-OH is 1. The molecule has 0 spiro atoms. The summed E-state index contributed by atoms with van der Waals surface area (Å²) in [6.45, 7) is -0.917. The fraction of sp³-hybridized carbons (Fsp3) is 0.640. The van der Waals surface area contributed by atoms with E-state index in [1.165, 1.54) is 92.5 Å². The van der Waals surface area contributed by atoms with E-state index in [0.717, 1.165) is 15.7 Å². The van der Waals surface area contributed by atoms with Crippen LogP contribution in [0.1, 0.15) is 109 Å². The first kappa shape index (κ1) is 113. The van der Waals surface area contributed by atoms with Crippen molar-refractivity contribution >= 4 is 146 Å². The predicted molar refractivity (Wildman–Crippen MR) is 484 cm³/mol. The number of carbonyl (C=O) groups excluding carboxylic acids is 10. The molecular weight excluding hydrogens is 1840 g/mol. The van der Waals surface area contributed by atoms with Gasteiger partial charge in [0.05, 0.1) is 68.5 Å². The summed E-state index contributed by atoms with van der Waals surface area (Å²) in [5.74, 6) is -24.1. The molecule has 11 atom stereocenters. The smallest absolute Gasteiger partial charge is 0.320 e. The molecule has 4 heterocycles. The van der Waals surface area contributed by atoms with Gasteiger partial charge in [-0.15, -0.1) is 0 Å². The third-order valence-corrected chi connectivity index (χ3v) is 26.2. The lowest BCUT2D eigenvalue weighted by Gasteiger charge is -2.35. The Morgan fingerprint density at radius 2 is 0.970 bits per heavy atom. The minimum Gasteiger partial charge on any atom is -0.508 e. The van der Waals surface area contributed by atoms with Gasteiger partial charge in [-0.1, -0.05) is 72.2 Å². The van der Waals surface area contributed by atoms with Crippen molar-refractivity contribution in [2.45, 2.75) is 165 Å². The molecule has 0 bridgehead atoms. The van der Waals surface area contributed by atoms with E-state index in [1.807, 2.05) is 13.8 Å². The number of fused-ring (bicyclic) bond motifs is 1. The minimum absolute atomic E-state index is 0.00157. The van der Waals surface area contributed by atoms with Gasteiger partial charge in [-0.25, -0.2) is 0 Å². The Bertz CT molecular complexity index is 4390. The highest BCUT2D eigenvalue weighted by atomic mass is 35.5. The maximum atomic E-state index is 15.5. The SMILES string of the molecule is CC(C)C[C@@H]1NC(=O)CCC(=O)[C@H](Cc2ccc(O)c(Cl)c2)NC(=O)[C@@H]2C[C@@H](O)CN2C(=O)[C@@H](NC(=O)[C@@H](CCC(=O)O)CC(=O)[C@H](Cc2ccc(O)cc2)NC(=O)C(CNC(=O)CCC(C(=O)O)N2CCN(CC(=O)O)CCN(CC(=O)O)CCN(CC(=O)O)CC2)NC(=O)CCC(C(=O)O)N2CCN(CC(=O)O)CCN(CC(=O)O)CCN(CC(=O)O)CC2)CSSC[C@@H](C)CC1=O. The summed E-state index contributed by atoms with van der Waals surface area (Å²) in [6, 6.07) is -3.60. The highest BCUT2D eigenvalue weighted by Crippen LogP contribution is 2.31. The molecule has 4 fully saturated rings. The molecule has 750 valence electrons. The van der Waals surface area contributed by atoms with Crippen molar-refractivity contribution in [3.05, 3.63) is 58.6 Å². The first-order valence-electron chi connectivity index (χ1n) is 44.4. The predicted octanol–water partition coefficient (Wildman–Crippen LogP) is -2.72. The molecule has 4 aliphatic rings. The van der Waals surface area contributed by atoms with Gasteiger partial charge in [0.1, 0.15) is 41.7 Å². The number of aromatic hydroxyl groups is 2. The maximum absolute atomic E-state index is 15.5. The number of ketones is 3. The van der Waals surface area contributed by atoms with Crippen LogP contribution >= 0.6 is 33.2 Å². The number of hydrogen-bond acceptors (Lipinski definition) is 32. The number of rotatable bonds is 41. The van der Waals surface area contributed by atoms with Crippen LogP contribution in [0.4, 0.5) is 0 Å². The molecule has 4 saturated heterocycles. The molecule has 3 unspecified atom stereocenters. The summed E-state index contributed by atoms with van der Waals surface area (Å²) in [4.78, 5) is 271. The minimum atomic E-state index is -2.01. The van der Waals surface area contributed by atoms with Gasteiger partial charge in [0.15, 0.2) is 17.3 Å². The lowest BCUT2D eigenvalue weighted by atomic mass is 9.90. The molecule has 6 rings (SSSR count). The zero-order chi connectivity index (χ0) is 99.9. The van der Waals surface area contributed by atoms with E-state index in [4.69, 9.17) is 11.6 Å². The van der Waals surface area contributed by atoms with Crippen LogP contribution in [0.15, 0.2) is 42.5 Å². The number of nitrogens with one attached hydrogen (secondary N) is 6. The highest BCUT2D eigenvalue weighted by molar-refractivity contribution is 8.76. The van der Waals surface area contributed by atoms with Crippen molar-refractivity contribution in [3.8, 4) is 11.5 Å². The number of phenolic OH excluding ortho intramolecular Hbond substituents is 2. The van der Waals surface area contributed by atoms with E-state index >= 15 is 19.2 Å². The van der Waals surface area contributed by atoms with Crippen molar-refractivity contribution in [1.82, 2.24) is 76.0 Å². The van der Waals surface area contributed by atoms with E-state index in [2.05, 4.69) is 31.9 Å². The number of phenols is 2. The Morgan fingerprint density at radius 1 is 0.511 bits per heavy atom. The van der Waals surface area contributed by atoms with Crippen molar-refractivity contribution in [2.24, 2.45) is 17.8 Å². The first-order chi connectivity index (χ1) is 63.8. The van der Waals surface area contributed by atoms with Crippen LogP contribution in [0, 0.1) is 17.8 Å². The summed E-state index contributed by atoms with van der Waals surface area (Å²) in [7, 11) is 2.20. The van der Waals surface area contributed by atoms with Gasteiger partial charge in [0.25, 0.3) is 0 Å². The normalized spacial score (nSPS) is 21.7. The lowest BCUT2D eigenvalue weighted by Crippen LogP contribution is -2.57. The molecule has 46 nitrogen and oxygen atoms in total. The number of amides is 7. The van der Waals surface area contributed by atoms with Crippen molar-refractivity contribution < 1.29 is 152 Å². The summed E-state index contributed by atoms with van der Waals surface area (Å²) in [5, 5.41) is 138. The number of hydrogen-bond donors (Lipinski definition) is 18. The Morgan fingerprint density at radius 3 is 1.42 bits per heavy atom. The number of benzene rings is 2. The number of aliphatic hydroxyl groups is 1. The average Bonchev–Trinajstić information content (AvgIpc) is 1.61. The van der Waals surface area contributed by atoms with Crippen LogP contribution in [0.3, 0.4) is 0 Å². The summed E-state index contributed by atoms with van der Waals surface area (Å²) in [6.07, 6.45) is -8.30. The number of aliphatic carboxylic acids is 9. The number of carboxylic acids is 9. The van der Waals surface area contributed by atoms with Crippen LogP contribution in [-0.2, 0) is 104 Å². The fourth-order valence-electron chi connectivity index (χ4n) is 16.1. The second kappa shape index (κ2) is 57.3. The molecule has 49 heteroatoms. The van der Waals surface area contributed by atoms with Gasteiger partial charge in [-0.2, -0.15) is 0 Å². The Labute approximate surface area is 791 Å². The van der Waals surface area contributed by atoms with Crippen molar-refractivity contribution in [2.75, 3.05) is 169 Å². The van der Waals surface area contributed by atoms with E-state index < -0.39 is 290 Å². The first-order valence-corrected chi connectivity index (χ1v) is 47.3. The van der Waals surface area contributed by atoms with Crippen LogP contribution in [0.5, 0.6) is 11.5 Å². The van der Waals surface area contributed by atoms with E-state index in [1.54, 1.807) is 6.92 Å². The Kier molecular flexibility index (Phi) is 47.9. The number of carbonyl (C=O) groups is 19.